The summed E-state index contributed by atoms with van der Waals surface area (Å²) in [5.41, 5.74) is 1.33. The van der Waals surface area contributed by atoms with Gasteiger partial charge < -0.3 is 9.47 Å². The second-order valence-corrected chi connectivity index (χ2v) is 5.30. The lowest BCUT2D eigenvalue weighted by molar-refractivity contribution is -0.158. The molecule has 1 heterocycles. The minimum Gasteiger partial charge on any atom is -0.462 e. The van der Waals surface area contributed by atoms with Gasteiger partial charge in [0, 0.05) is 19.8 Å². The number of carbonyl (C=O) groups excluding carboxylic acids is 1. The molecule has 3 atom stereocenters. The van der Waals surface area contributed by atoms with Crippen LogP contribution in [0.25, 0.3) is 0 Å². The second kappa shape index (κ2) is 6.71. The summed E-state index contributed by atoms with van der Waals surface area (Å²) in [7, 11) is 0. The van der Waals surface area contributed by atoms with Crippen LogP contribution >= 0.6 is 0 Å². The van der Waals surface area contributed by atoms with Crippen molar-refractivity contribution in [3.05, 3.63) is 35.9 Å². The van der Waals surface area contributed by atoms with E-state index in [2.05, 4.69) is 24.3 Å². The lowest BCUT2D eigenvalue weighted by atomic mass is 9.97. The van der Waals surface area contributed by atoms with Crippen molar-refractivity contribution in [1.82, 2.24) is 0 Å². The molecule has 0 radical (unpaired) electrons. The Kier molecular flexibility index (Phi) is 4.97. The summed E-state index contributed by atoms with van der Waals surface area (Å²) >= 11 is 0. The smallest absolute Gasteiger partial charge is 0.302 e. The van der Waals surface area contributed by atoms with E-state index in [0.29, 0.717) is 0 Å². The van der Waals surface area contributed by atoms with Crippen molar-refractivity contribution in [2.45, 2.75) is 57.8 Å². The second-order valence-electron chi connectivity index (χ2n) is 5.30. The highest BCUT2D eigenvalue weighted by Crippen LogP contribution is 2.25. The first-order valence-electron chi connectivity index (χ1n) is 7.00. The average molecular weight is 262 g/mol. The van der Waals surface area contributed by atoms with Crippen LogP contribution in [0.3, 0.4) is 0 Å². The quantitative estimate of drug-likeness (QED) is 0.782. The lowest BCUT2D eigenvalue weighted by Crippen LogP contribution is -2.36. The third-order valence-electron chi connectivity index (χ3n) is 3.48. The van der Waals surface area contributed by atoms with Gasteiger partial charge in [0.15, 0.2) is 0 Å². The summed E-state index contributed by atoms with van der Waals surface area (Å²) < 4.78 is 11.3. The number of esters is 1. The van der Waals surface area contributed by atoms with Crippen molar-refractivity contribution in [2.24, 2.45) is 0 Å². The van der Waals surface area contributed by atoms with Gasteiger partial charge in [0.1, 0.15) is 6.10 Å². The molecule has 1 aliphatic heterocycles. The fraction of sp³-hybridized carbons (Fsp3) is 0.562. The zero-order valence-corrected chi connectivity index (χ0v) is 11.7. The van der Waals surface area contributed by atoms with Crippen LogP contribution in [0.2, 0.25) is 0 Å². The van der Waals surface area contributed by atoms with E-state index in [1.165, 1.54) is 12.5 Å². The predicted octanol–water partition coefficient (Wildman–Crippen LogP) is 3.12. The molecule has 1 aromatic rings. The standard InChI is InChI=1S/C16H22O3/c1-12-10-16(19-13(2)17)11-15(18-12)9-8-14-6-4-3-5-7-14/h3-7,12,15-16H,8-11H2,1-2H3/t12-,15+,16+/m1/s1. The molecule has 3 nitrogen and oxygen atoms in total. The molecular formula is C16H22O3. The first-order chi connectivity index (χ1) is 9.13. The predicted molar refractivity (Wildman–Crippen MR) is 73.9 cm³/mol. The molecule has 1 aliphatic rings. The van der Waals surface area contributed by atoms with E-state index >= 15 is 0 Å². The maximum Gasteiger partial charge on any atom is 0.302 e. The summed E-state index contributed by atoms with van der Waals surface area (Å²) in [6.07, 6.45) is 3.98. The third-order valence-corrected chi connectivity index (χ3v) is 3.48. The van der Waals surface area contributed by atoms with Gasteiger partial charge in [-0.3, -0.25) is 4.79 Å². The van der Waals surface area contributed by atoms with E-state index in [4.69, 9.17) is 9.47 Å². The van der Waals surface area contributed by atoms with E-state index in [0.717, 1.165) is 25.7 Å². The lowest BCUT2D eigenvalue weighted by Gasteiger charge is -2.33. The molecule has 1 fully saturated rings. The van der Waals surface area contributed by atoms with Crippen LogP contribution in [0.5, 0.6) is 0 Å². The van der Waals surface area contributed by atoms with Gasteiger partial charge in [-0.2, -0.15) is 0 Å². The Morgan fingerprint density at radius 3 is 2.74 bits per heavy atom. The van der Waals surface area contributed by atoms with Gasteiger partial charge in [-0.25, -0.2) is 0 Å². The van der Waals surface area contributed by atoms with Crippen LogP contribution in [-0.2, 0) is 20.7 Å². The van der Waals surface area contributed by atoms with E-state index < -0.39 is 0 Å². The molecule has 0 aliphatic carbocycles. The fourth-order valence-electron chi connectivity index (χ4n) is 2.69. The number of aryl methyl sites for hydroxylation is 1. The number of hydrogen-bond acceptors (Lipinski definition) is 3. The topological polar surface area (TPSA) is 35.5 Å². The molecule has 1 saturated heterocycles. The van der Waals surface area contributed by atoms with Gasteiger partial charge >= 0.3 is 5.97 Å². The van der Waals surface area contributed by atoms with Crippen molar-refractivity contribution in [3.8, 4) is 0 Å². The van der Waals surface area contributed by atoms with Crippen LogP contribution in [0.4, 0.5) is 0 Å². The summed E-state index contributed by atoms with van der Waals surface area (Å²) in [5, 5.41) is 0. The summed E-state index contributed by atoms with van der Waals surface area (Å²) in [6, 6.07) is 10.4. The fourth-order valence-corrected chi connectivity index (χ4v) is 2.69. The summed E-state index contributed by atoms with van der Waals surface area (Å²) in [5.74, 6) is -0.194. The zero-order chi connectivity index (χ0) is 13.7. The number of ether oxygens (including phenoxy) is 2. The monoisotopic (exact) mass is 262 g/mol. The number of rotatable bonds is 4. The van der Waals surface area contributed by atoms with E-state index in [1.807, 2.05) is 13.0 Å². The summed E-state index contributed by atoms with van der Waals surface area (Å²) in [4.78, 5) is 11.0. The highest BCUT2D eigenvalue weighted by atomic mass is 16.6. The molecule has 104 valence electrons. The van der Waals surface area contributed by atoms with Gasteiger partial charge in [-0.05, 0) is 25.3 Å². The molecule has 0 aromatic heterocycles. The SMILES string of the molecule is CC(=O)O[C@@H]1C[C@H](CCc2ccccc2)O[C@H](C)C1. The van der Waals surface area contributed by atoms with Crippen molar-refractivity contribution in [1.29, 1.82) is 0 Å². The first kappa shape index (κ1) is 14.1. The van der Waals surface area contributed by atoms with Crippen LogP contribution in [0.1, 0.15) is 38.7 Å². The molecule has 0 saturated carbocycles. The molecule has 0 unspecified atom stereocenters. The minimum atomic E-state index is -0.194. The Labute approximate surface area is 114 Å². The molecule has 19 heavy (non-hydrogen) atoms. The Hall–Kier alpha value is -1.35. The van der Waals surface area contributed by atoms with Gasteiger partial charge in [-0.15, -0.1) is 0 Å². The Morgan fingerprint density at radius 1 is 1.32 bits per heavy atom. The van der Waals surface area contributed by atoms with Gasteiger partial charge in [0.2, 0.25) is 0 Å². The summed E-state index contributed by atoms with van der Waals surface area (Å²) in [6.45, 7) is 3.52. The third kappa shape index (κ3) is 4.67. The molecule has 2 rings (SSSR count). The van der Waals surface area contributed by atoms with Crippen molar-refractivity contribution in [2.75, 3.05) is 0 Å². The van der Waals surface area contributed by atoms with Crippen molar-refractivity contribution < 1.29 is 14.3 Å². The maximum absolute atomic E-state index is 11.0. The van der Waals surface area contributed by atoms with Crippen LogP contribution in [0.15, 0.2) is 30.3 Å². The van der Waals surface area contributed by atoms with E-state index in [9.17, 15) is 4.79 Å². The number of hydrogen-bond donors (Lipinski definition) is 0. The van der Waals surface area contributed by atoms with E-state index in [-0.39, 0.29) is 24.3 Å². The maximum atomic E-state index is 11.0. The van der Waals surface area contributed by atoms with Crippen LogP contribution in [-0.4, -0.2) is 24.3 Å². The molecular weight excluding hydrogens is 240 g/mol. The largest absolute Gasteiger partial charge is 0.462 e. The van der Waals surface area contributed by atoms with Gasteiger partial charge in [0.05, 0.1) is 12.2 Å². The molecule has 0 spiro atoms. The number of benzene rings is 1. The Bertz CT molecular complexity index is 402. The molecule has 0 amide bonds. The molecule has 3 heteroatoms. The van der Waals surface area contributed by atoms with Crippen LogP contribution in [0, 0.1) is 0 Å². The van der Waals surface area contributed by atoms with Gasteiger partial charge in [-0.1, -0.05) is 30.3 Å². The number of carbonyl (C=O) groups is 1. The molecule has 0 bridgehead atoms. The first-order valence-corrected chi connectivity index (χ1v) is 7.00. The molecule has 1 aromatic carbocycles. The molecule has 0 N–H and O–H groups in total. The van der Waals surface area contributed by atoms with E-state index in [1.54, 1.807) is 0 Å². The average Bonchev–Trinajstić information content (AvgIpc) is 2.36. The Balaban J connectivity index is 1.84. The minimum absolute atomic E-state index is 0.0158. The normalized spacial score (nSPS) is 26.9. The zero-order valence-electron chi connectivity index (χ0n) is 11.7. The van der Waals surface area contributed by atoms with Crippen molar-refractivity contribution >= 4 is 5.97 Å². The van der Waals surface area contributed by atoms with Crippen LogP contribution < -0.4 is 0 Å². The highest BCUT2D eigenvalue weighted by molar-refractivity contribution is 5.66. The van der Waals surface area contributed by atoms with Crippen molar-refractivity contribution in [3.63, 3.8) is 0 Å². The van der Waals surface area contributed by atoms with Gasteiger partial charge in [0.25, 0.3) is 0 Å². The highest BCUT2D eigenvalue weighted by Gasteiger charge is 2.28. The Morgan fingerprint density at radius 2 is 2.05 bits per heavy atom.